The molecule has 0 aliphatic rings. The van der Waals surface area contributed by atoms with Crippen LogP contribution in [0, 0.1) is 0 Å². The first kappa shape index (κ1) is 12.8. The Bertz CT molecular complexity index is 170. The molecule has 0 aliphatic carbocycles. The van der Waals surface area contributed by atoms with Crippen LogP contribution in [0.15, 0.2) is 4.99 Å². The summed E-state index contributed by atoms with van der Waals surface area (Å²) >= 11 is 1.87. The Hall–Kier alpha value is -0.180. The minimum atomic E-state index is -0.0416. The Morgan fingerprint density at radius 2 is 2.00 bits per heavy atom. The number of amidine groups is 1. The minimum absolute atomic E-state index is 0.0416. The van der Waals surface area contributed by atoms with Crippen molar-refractivity contribution in [3.05, 3.63) is 0 Å². The van der Waals surface area contributed by atoms with Crippen molar-refractivity contribution >= 4 is 17.6 Å². The maximum absolute atomic E-state index is 5.79. The van der Waals surface area contributed by atoms with Crippen LogP contribution in [0.5, 0.6) is 0 Å². The summed E-state index contributed by atoms with van der Waals surface area (Å²) in [5.74, 6) is 1.62. The number of hydrogen-bond donors (Lipinski definition) is 1. The molecule has 2 N–H and O–H groups in total. The quantitative estimate of drug-likeness (QED) is 0.562. The second-order valence-corrected chi connectivity index (χ2v) is 5.73. The average Bonchev–Trinajstić information content (AvgIpc) is 1.97. The molecule has 3 heteroatoms. The van der Waals surface area contributed by atoms with Crippen LogP contribution < -0.4 is 5.73 Å². The summed E-state index contributed by atoms with van der Waals surface area (Å²) in [7, 11) is 0. The van der Waals surface area contributed by atoms with Gasteiger partial charge in [0.1, 0.15) is 5.84 Å². The van der Waals surface area contributed by atoms with Gasteiger partial charge in [-0.1, -0.05) is 13.8 Å². The molecule has 0 saturated heterocycles. The van der Waals surface area contributed by atoms with Gasteiger partial charge in [0.2, 0.25) is 0 Å². The van der Waals surface area contributed by atoms with Crippen LogP contribution in [0.3, 0.4) is 0 Å². The van der Waals surface area contributed by atoms with Crippen LogP contribution in [0.2, 0.25) is 0 Å². The van der Waals surface area contributed by atoms with Gasteiger partial charge in [-0.05, 0) is 27.2 Å². The molecule has 0 aliphatic heterocycles. The van der Waals surface area contributed by atoms with E-state index in [0.29, 0.717) is 5.25 Å². The maximum Gasteiger partial charge on any atom is 0.104 e. The minimum Gasteiger partial charge on any atom is -0.387 e. The van der Waals surface area contributed by atoms with Gasteiger partial charge in [0.05, 0.1) is 11.3 Å². The van der Waals surface area contributed by atoms with E-state index in [9.17, 15) is 0 Å². The predicted molar refractivity (Wildman–Crippen MR) is 63.6 cm³/mol. The highest BCUT2D eigenvalue weighted by Gasteiger charge is 2.08. The molecule has 0 aromatic rings. The second-order valence-electron chi connectivity index (χ2n) is 4.30. The van der Waals surface area contributed by atoms with Crippen molar-refractivity contribution < 1.29 is 0 Å². The third-order valence-electron chi connectivity index (χ3n) is 1.57. The molecule has 0 spiro atoms. The van der Waals surface area contributed by atoms with E-state index in [2.05, 4.69) is 39.6 Å². The van der Waals surface area contributed by atoms with Crippen molar-refractivity contribution in [2.75, 3.05) is 5.75 Å². The summed E-state index contributed by atoms with van der Waals surface area (Å²) in [5, 5.41) is 0.675. The van der Waals surface area contributed by atoms with E-state index in [1.54, 1.807) is 0 Å². The molecule has 0 bridgehead atoms. The number of hydrogen-bond acceptors (Lipinski definition) is 2. The SMILES string of the molecule is CCC(C)SCC(N)=NC(C)(C)C. The fraction of sp³-hybridized carbons (Fsp3) is 0.900. The summed E-state index contributed by atoms with van der Waals surface area (Å²) in [4.78, 5) is 4.39. The third kappa shape index (κ3) is 8.16. The van der Waals surface area contributed by atoms with Crippen molar-refractivity contribution in [3.8, 4) is 0 Å². The molecule has 0 amide bonds. The van der Waals surface area contributed by atoms with Gasteiger partial charge in [0, 0.05) is 5.25 Å². The second kappa shape index (κ2) is 5.53. The Morgan fingerprint density at radius 1 is 1.46 bits per heavy atom. The molecular weight excluding hydrogens is 180 g/mol. The predicted octanol–water partition coefficient (Wildman–Crippen LogP) is 2.67. The van der Waals surface area contributed by atoms with Crippen molar-refractivity contribution in [2.45, 2.75) is 51.8 Å². The van der Waals surface area contributed by atoms with Gasteiger partial charge in [-0.25, -0.2) is 0 Å². The number of nitrogens with zero attached hydrogens (tertiary/aromatic N) is 1. The van der Waals surface area contributed by atoms with E-state index in [1.807, 2.05) is 11.8 Å². The summed E-state index contributed by atoms with van der Waals surface area (Å²) in [5.41, 5.74) is 5.75. The highest BCUT2D eigenvalue weighted by molar-refractivity contribution is 8.00. The first-order chi connectivity index (χ1) is 5.85. The summed E-state index contributed by atoms with van der Waals surface area (Å²) in [6.45, 7) is 10.6. The molecule has 0 rings (SSSR count). The first-order valence-electron chi connectivity index (χ1n) is 4.81. The number of rotatable bonds is 4. The number of thioether (sulfide) groups is 1. The molecule has 78 valence electrons. The Kier molecular flexibility index (Phi) is 5.45. The van der Waals surface area contributed by atoms with Crippen LogP contribution in [-0.2, 0) is 0 Å². The molecule has 1 atom stereocenters. The Labute approximate surface area is 86.4 Å². The third-order valence-corrected chi connectivity index (χ3v) is 2.93. The zero-order valence-electron chi connectivity index (χ0n) is 9.42. The maximum atomic E-state index is 5.79. The van der Waals surface area contributed by atoms with Crippen molar-refractivity contribution in [1.82, 2.24) is 0 Å². The topological polar surface area (TPSA) is 38.4 Å². The van der Waals surface area contributed by atoms with Gasteiger partial charge in [-0.3, -0.25) is 4.99 Å². The number of aliphatic imine (C=N–C) groups is 1. The lowest BCUT2D eigenvalue weighted by Crippen LogP contribution is -2.23. The molecule has 0 fully saturated rings. The van der Waals surface area contributed by atoms with E-state index in [0.717, 1.165) is 11.6 Å². The lowest BCUT2D eigenvalue weighted by Gasteiger charge is -2.14. The number of nitrogens with two attached hydrogens (primary N) is 1. The first-order valence-corrected chi connectivity index (χ1v) is 5.86. The highest BCUT2D eigenvalue weighted by Crippen LogP contribution is 2.14. The smallest absolute Gasteiger partial charge is 0.104 e. The molecule has 13 heavy (non-hydrogen) atoms. The van der Waals surface area contributed by atoms with E-state index in [4.69, 9.17) is 5.73 Å². The van der Waals surface area contributed by atoms with E-state index >= 15 is 0 Å². The van der Waals surface area contributed by atoms with Crippen LogP contribution >= 0.6 is 11.8 Å². The van der Waals surface area contributed by atoms with Crippen molar-refractivity contribution in [1.29, 1.82) is 0 Å². The zero-order valence-corrected chi connectivity index (χ0v) is 10.2. The Morgan fingerprint density at radius 3 is 2.38 bits per heavy atom. The Balaban J connectivity index is 3.87. The van der Waals surface area contributed by atoms with E-state index in [-0.39, 0.29) is 5.54 Å². The van der Waals surface area contributed by atoms with Crippen molar-refractivity contribution in [3.63, 3.8) is 0 Å². The molecular formula is C10H22N2S. The lowest BCUT2D eigenvalue weighted by atomic mass is 10.1. The fourth-order valence-corrected chi connectivity index (χ4v) is 1.56. The average molecular weight is 202 g/mol. The van der Waals surface area contributed by atoms with Gasteiger partial charge >= 0.3 is 0 Å². The van der Waals surface area contributed by atoms with E-state index in [1.165, 1.54) is 6.42 Å². The van der Waals surface area contributed by atoms with Crippen LogP contribution in [-0.4, -0.2) is 22.4 Å². The van der Waals surface area contributed by atoms with Gasteiger partial charge < -0.3 is 5.73 Å². The monoisotopic (exact) mass is 202 g/mol. The van der Waals surface area contributed by atoms with Crippen LogP contribution in [0.4, 0.5) is 0 Å². The normalized spacial score (nSPS) is 15.9. The standard InChI is InChI=1S/C10H22N2S/c1-6-8(2)13-7-9(11)12-10(3,4)5/h8H,6-7H2,1-5H3,(H2,11,12). The molecule has 0 saturated carbocycles. The highest BCUT2D eigenvalue weighted by atomic mass is 32.2. The van der Waals surface area contributed by atoms with Crippen molar-refractivity contribution in [2.24, 2.45) is 10.7 Å². The molecule has 0 aromatic carbocycles. The van der Waals surface area contributed by atoms with Gasteiger partial charge in [-0.2, -0.15) is 11.8 Å². The molecule has 0 aromatic heterocycles. The largest absolute Gasteiger partial charge is 0.387 e. The van der Waals surface area contributed by atoms with E-state index < -0.39 is 0 Å². The van der Waals surface area contributed by atoms with Gasteiger partial charge in [-0.15, -0.1) is 0 Å². The van der Waals surface area contributed by atoms with Crippen LogP contribution in [0.1, 0.15) is 41.0 Å². The lowest BCUT2D eigenvalue weighted by molar-refractivity contribution is 0.583. The van der Waals surface area contributed by atoms with Crippen LogP contribution in [0.25, 0.3) is 0 Å². The summed E-state index contributed by atoms with van der Waals surface area (Å²) in [6, 6.07) is 0. The van der Waals surface area contributed by atoms with Gasteiger partial charge in [0.15, 0.2) is 0 Å². The molecule has 0 heterocycles. The molecule has 1 unspecified atom stereocenters. The fourth-order valence-electron chi connectivity index (χ4n) is 0.809. The zero-order chi connectivity index (χ0) is 10.5. The molecule has 0 radical (unpaired) electrons. The summed E-state index contributed by atoms with van der Waals surface area (Å²) < 4.78 is 0. The van der Waals surface area contributed by atoms with Gasteiger partial charge in [0.25, 0.3) is 0 Å². The molecule has 2 nitrogen and oxygen atoms in total. The summed E-state index contributed by atoms with van der Waals surface area (Å²) in [6.07, 6.45) is 1.19.